The second kappa shape index (κ2) is 6.22. The summed E-state index contributed by atoms with van der Waals surface area (Å²) in [5.74, 6) is 1.86. The monoisotopic (exact) mass is 352 g/mol. The molecule has 0 aromatic carbocycles. The van der Waals surface area contributed by atoms with Crippen molar-refractivity contribution in [2.24, 2.45) is 5.92 Å². The van der Waals surface area contributed by atoms with Crippen molar-refractivity contribution in [2.75, 3.05) is 38.6 Å². The number of fused-ring (bicyclic) bond motifs is 1. The lowest BCUT2D eigenvalue weighted by molar-refractivity contribution is -0.106. The van der Waals surface area contributed by atoms with Crippen molar-refractivity contribution >= 4 is 11.5 Å². The van der Waals surface area contributed by atoms with Gasteiger partial charge in [-0.15, -0.1) is 0 Å². The molecule has 5 heterocycles. The molecule has 134 valence electrons. The van der Waals surface area contributed by atoms with Crippen molar-refractivity contribution in [3.05, 3.63) is 36.9 Å². The van der Waals surface area contributed by atoms with Crippen LogP contribution in [-0.2, 0) is 4.74 Å². The van der Waals surface area contributed by atoms with Crippen LogP contribution in [0.25, 0.3) is 17.0 Å². The molecule has 2 saturated heterocycles. The van der Waals surface area contributed by atoms with E-state index in [-0.39, 0.29) is 0 Å². The van der Waals surface area contributed by atoms with Crippen LogP contribution in [0.3, 0.4) is 0 Å². The van der Waals surface area contributed by atoms with Gasteiger partial charge in [-0.3, -0.25) is 9.30 Å². The molecule has 5 rings (SSSR count). The van der Waals surface area contributed by atoms with Crippen molar-refractivity contribution in [1.82, 2.24) is 24.3 Å². The molecular weight excluding hydrogens is 332 g/mol. The zero-order chi connectivity index (χ0) is 17.5. The predicted molar refractivity (Wildman–Crippen MR) is 95.8 cm³/mol. The van der Waals surface area contributed by atoms with Gasteiger partial charge in [0.15, 0.2) is 0 Å². The van der Waals surface area contributed by atoms with Crippen LogP contribution in [0.15, 0.2) is 36.9 Å². The summed E-state index contributed by atoms with van der Waals surface area (Å²) >= 11 is 0. The molecule has 8 heteroatoms. The molecule has 0 bridgehead atoms. The number of nitrogens with zero attached hydrogens (tertiary/aromatic N) is 5. The Hall–Kier alpha value is -2.71. The number of pyridine rings is 1. The van der Waals surface area contributed by atoms with Gasteiger partial charge in [0, 0.05) is 37.3 Å². The number of aromatic nitrogens is 4. The van der Waals surface area contributed by atoms with E-state index >= 15 is 0 Å². The molecule has 0 amide bonds. The van der Waals surface area contributed by atoms with Crippen molar-refractivity contribution in [3.63, 3.8) is 0 Å². The SMILES string of the molecule is Nc1cc(-c2cnc3cc(OCC4CN(C5COC5)C4)ccn23)ncn1. The van der Waals surface area contributed by atoms with Crippen LogP contribution in [0.4, 0.5) is 5.82 Å². The number of imidazole rings is 1. The molecule has 0 radical (unpaired) electrons. The minimum absolute atomic E-state index is 0.438. The van der Waals surface area contributed by atoms with Crippen LogP contribution in [0.5, 0.6) is 5.75 Å². The second-order valence-electron chi connectivity index (χ2n) is 6.88. The highest BCUT2D eigenvalue weighted by Gasteiger charge is 2.36. The van der Waals surface area contributed by atoms with Crippen LogP contribution >= 0.6 is 0 Å². The summed E-state index contributed by atoms with van der Waals surface area (Å²) in [6.07, 6.45) is 5.19. The number of hydrogen-bond donors (Lipinski definition) is 1. The minimum atomic E-state index is 0.438. The maximum absolute atomic E-state index is 5.97. The second-order valence-corrected chi connectivity index (χ2v) is 6.88. The lowest BCUT2D eigenvalue weighted by Gasteiger charge is -2.47. The van der Waals surface area contributed by atoms with Crippen LogP contribution in [0, 0.1) is 5.92 Å². The Kier molecular flexibility index (Phi) is 3.72. The molecule has 2 aliphatic rings. The first-order valence-electron chi connectivity index (χ1n) is 8.76. The summed E-state index contributed by atoms with van der Waals surface area (Å²) in [5, 5.41) is 0. The van der Waals surface area contributed by atoms with Gasteiger partial charge >= 0.3 is 0 Å². The van der Waals surface area contributed by atoms with E-state index in [1.807, 2.05) is 22.7 Å². The van der Waals surface area contributed by atoms with Gasteiger partial charge in [-0.25, -0.2) is 15.0 Å². The first kappa shape index (κ1) is 15.5. The number of nitrogen functional groups attached to an aromatic ring is 1. The van der Waals surface area contributed by atoms with Gasteiger partial charge in [0.05, 0.1) is 43.4 Å². The number of anilines is 1. The quantitative estimate of drug-likeness (QED) is 0.735. The molecule has 3 aromatic heterocycles. The highest BCUT2D eigenvalue weighted by atomic mass is 16.5. The Morgan fingerprint density at radius 1 is 1.19 bits per heavy atom. The van der Waals surface area contributed by atoms with E-state index in [4.69, 9.17) is 15.2 Å². The minimum Gasteiger partial charge on any atom is -0.493 e. The van der Waals surface area contributed by atoms with Gasteiger partial charge in [0.1, 0.15) is 23.5 Å². The number of rotatable bonds is 5. The first-order valence-corrected chi connectivity index (χ1v) is 8.76. The standard InChI is InChI=1S/C18H20N6O2/c19-17-4-15(21-11-22-17)16-5-20-18-3-14(1-2-24(16)18)26-8-12-6-23(7-12)13-9-25-10-13/h1-5,11-13H,6-10H2,(H2,19,21,22). The third-order valence-corrected chi connectivity index (χ3v) is 5.04. The zero-order valence-electron chi connectivity index (χ0n) is 14.3. The van der Waals surface area contributed by atoms with Gasteiger partial charge in [0.25, 0.3) is 0 Å². The summed E-state index contributed by atoms with van der Waals surface area (Å²) in [7, 11) is 0. The van der Waals surface area contributed by atoms with Gasteiger partial charge < -0.3 is 15.2 Å². The number of ether oxygens (including phenoxy) is 2. The fourth-order valence-electron chi connectivity index (χ4n) is 3.42. The largest absolute Gasteiger partial charge is 0.493 e. The third-order valence-electron chi connectivity index (χ3n) is 5.04. The summed E-state index contributed by atoms with van der Waals surface area (Å²) < 4.78 is 13.2. The zero-order valence-corrected chi connectivity index (χ0v) is 14.3. The molecule has 0 spiro atoms. The fourth-order valence-corrected chi connectivity index (χ4v) is 3.42. The average Bonchev–Trinajstić information content (AvgIpc) is 2.98. The van der Waals surface area contributed by atoms with E-state index in [0.717, 1.165) is 55.7 Å². The van der Waals surface area contributed by atoms with E-state index in [2.05, 4.69) is 19.9 Å². The summed E-state index contributed by atoms with van der Waals surface area (Å²) in [6, 6.07) is 6.27. The Morgan fingerprint density at radius 2 is 2.08 bits per heavy atom. The van der Waals surface area contributed by atoms with Gasteiger partial charge in [-0.1, -0.05) is 0 Å². The van der Waals surface area contributed by atoms with Crippen LogP contribution in [0.1, 0.15) is 0 Å². The molecule has 3 aromatic rings. The summed E-state index contributed by atoms with van der Waals surface area (Å²) in [6.45, 7) is 4.68. The fraction of sp³-hybridized carbons (Fsp3) is 0.389. The van der Waals surface area contributed by atoms with E-state index in [0.29, 0.717) is 17.8 Å². The Morgan fingerprint density at radius 3 is 2.85 bits per heavy atom. The molecule has 0 atom stereocenters. The maximum atomic E-state index is 5.97. The average molecular weight is 352 g/mol. The van der Waals surface area contributed by atoms with E-state index in [1.54, 1.807) is 12.3 Å². The number of likely N-dealkylation sites (tertiary alicyclic amines) is 1. The summed E-state index contributed by atoms with van der Waals surface area (Å²) in [4.78, 5) is 15.1. The van der Waals surface area contributed by atoms with E-state index in [9.17, 15) is 0 Å². The highest BCUT2D eigenvalue weighted by molar-refractivity contribution is 5.62. The molecule has 0 saturated carbocycles. The predicted octanol–water partition coefficient (Wildman–Crippen LogP) is 1.08. The smallest absolute Gasteiger partial charge is 0.140 e. The van der Waals surface area contributed by atoms with Crippen molar-refractivity contribution in [2.45, 2.75) is 6.04 Å². The number of hydrogen-bond acceptors (Lipinski definition) is 7. The highest BCUT2D eigenvalue weighted by Crippen LogP contribution is 2.25. The third kappa shape index (κ3) is 2.77. The van der Waals surface area contributed by atoms with Gasteiger partial charge in [0.2, 0.25) is 0 Å². The molecule has 26 heavy (non-hydrogen) atoms. The first-order chi connectivity index (χ1) is 12.8. The lowest BCUT2D eigenvalue weighted by atomic mass is 9.98. The van der Waals surface area contributed by atoms with Gasteiger partial charge in [-0.2, -0.15) is 0 Å². The van der Waals surface area contributed by atoms with Crippen molar-refractivity contribution in [3.8, 4) is 17.1 Å². The Labute approximate surface area is 150 Å². The van der Waals surface area contributed by atoms with E-state index in [1.165, 1.54) is 6.33 Å². The molecule has 8 nitrogen and oxygen atoms in total. The molecular formula is C18H20N6O2. The molecule has 0 unspecified atom stereocenters. The molecule has 2 N–H and O–H groups in total. The number of nitrogens with two attached hydrogens (primary N) is 1. The molecule has 2 fully saturated rings. The topological polar surface area (TPSA) is 90.8 Å². The van der Waals surface area contributed by atoms with Crippen LogP contribution in [0.2, 0.25) is 0 Å². The lowest BCUT2D eigenvalue weighted by Crippen LogP contribution is -2.60. The summed E-state index contributed by atoms with van der Waals surface area (Å²) in [5.41, 5.74) is 8.18. The van der Waals surface area contributed by atoms with Crippen molar-refractivity contribution < 1.29 is 9.47 Å². The van der Waals surface area contributed by atoms with Crippen molar-refractivity contribution in [1.29, 1.82) is 0 Å². The molecule has 0 aliphatic carbocycles. The van der Waals surface area contributed by atoms with Gasteiger partial charge in [-0.05, 0) is 6.07 Å². The molecule has 2 aliphatic heterocycles. The van der Waals surface area contributed by atoms with Crippen LogP contribution < -0.4 is 10.5 Å². The normalized spacial score (nSPS) is 18.6. The van der Waals surface area contributed by atoms with E-state index < -0.39 is 0 Å². The maximum Gasteiger partial charge on any atom is 0.140 e. The Balaban J connectivity index is 1.26. The Bertz CT molecular complexity index is 932. The van der Waals surface area contributed by atoms with Crippen LogP contribution in [-0.4, -0.2) is 63.2 Å².